The molecule has 100 valence electrons. The van der Waals surface area contributed by atoms with E-state index in [9.17, 15) is 4.79 Å². The number of rotatable bonds is 2. The largest absolute Gasteiger partial charge is 0.440 e. The van der Waals surface area contributed by atoms with Gasteiger partial charge >= 0.3 is 0 Å². The molecule has 5 heteroatoms. The highest BCUT2D eigenvalue weighted by Crippen LogP contribution is 2.29. The molecule has 19 heavy (non-hydrogen) atoms. The third-order valence-corrected chi connectivity index (χ3v) is 4.10. The molecule has 1 aliphatic heterocycles. The number of oxazole rings is 1. The quantitative estimate of drug-likeness (QED) is 0.799. The minimum absolute atomic E-state index is 0.163. The lowest BCUT2D eigenvalue weighted by Crippen LogP contribution is -2.38. The van der Waals surface area contributed by atoms with Crippen LogP contribution in [-0.2, 0) is 4.79 Å². The fourth-order valence-electron chi connectivity index (χ4n) is 2.53. The first-order chi connectivity index (χ1) is 9.28. The minimum Gasteiger partial charge on any atom is -0.440 e. The Balaban J connectivity index is 1.72. The van der Waals surface area contributed by atoms with Crippen molar-refractivity contribution in [3.63, 3.8) is 0 Å². The summed E-state index contributed by atoms with van der Waals surface area (Å²) in [5.41, 5.74) is 1.76. The predicted octanol–water partition coefficient (Wildman–Crippen LogP) is 2.93. The van der Waals surface area contributed by atoms with Gasteiger partial charge in [-0.1, -0.05) is 28.1 Å². The summed E-state index contributed by atoms with van der Waals surface area (Å²) >= 11 is 3.21. The second kappa shape index (κ2) is 5.33. The second-order valence-electron chi connectivity index (χ2n) is 4.81. The second-order valence-corrected chi connectivity index (χ2v) is 5.37. The van der Waals surface area contributed by atoms with Crippen molar-refractivity contribution < 1.29 is 9.21 Å². The van der Waals surface area contributed by atoms with Crippen LogP contribution in [0.2, 0.25) is 0 Å². The van der Waals surface area contributed by atoms with Gasteiger partial charge in [0.05, 0.1) is 5.33 Å². The Morgan fingerprint density at radius 2 is 2.11 bits per heavy atom. The summed E-state index contributed by atoms with van der Waals surface area (Å²) in [6.45, 7) is 1.57. The van der Waals surface area contributed by atoms with Gasteiger partial charge in [-0.15, -0.1) is 0 Å². The molecular weight excluding hydrogens is 308 g/mol. The zero-order chi connectivity index (χ0) is 13.2. The zero-order valence-electron chi connectivity index (χ0n) is 10.5. The number of likely N-dealkylation sites (tertiary alicyclic amines) is 1. The molecule has 0 radical (unpaired) electrons. The summed E-state index contributed by atoms with van der Waals surface area (Å²) < 4.78 is 5.81. The Hall–Kier alpha value is -1.36. The van der Waals surface area contributed by atoms with Gasteiger partial charge in [0.1, 0.15) is 5.52 Å². The van der Waals surface area contributed by atoms with E-state index < -0.39 is 0 Å². The van der Waals surface area contributed by atoms with Crippen molar-refractivity contribution in [1.29, 1.82) is 0 Å². The van der Waals surface area contributed by atoms with Gasteiger partial charge in [0, 0.05) is 19.0 Å². The molecule has 1 fully saturated rings. The van der Waals surface area contributed by atoms with E-state index in [-0.39, 0.29) is 5.91 Å². The first-order valence-electron chi connectivity index (χ1n) is 6.47. The number of benzene rings is 1. The summed E-state index contributed by atoms with van der Waals surface area (Å²) in [5, 5.41) is 0.403. The molecule has 1 aliphatic rings. The monoisotopic (exact) mass is 322 g/mol. The zero-order valence-corrected chi connectivity index (χ0v) is 12.1. The average Bonchev–Trinajstić information content (AvgIpc) is 2.90. The van der Waals surface area contributed by atoms with Crippen LogP contribution in [-0.4, -0.2) is 34.2 Å². The summed E-state index contributed by atoms with van der Waals surface area (Å²) in [5.74, 6) is 1.30. The van der Waals surface area contributed by atoms with Crippen LogP contribution in [0.3, 0.4) is 0 Å². The molecular formula is C14H15BrN2O2. The van der Waals surface area contributed by atoms with Crippen LogP contribution < -0.4 is 0 Å². The number of carbonyl (C=O) groups excluding carboxylic acids is 1. The molecule has 2 aromatic rings. The molecule has 3 rings (SSSR count). The van der Waals surface area contributed by atoms with E-state index in [0.29, 0.717) is 11.2 Å². The van der Waals surface area contributed by atoms with Crippen LogP contribution in [0.25, 0.3) is 11.1 Å². The molecule has 1 aromatic carbocycles. The van der Waals surface area contributed by atoms with Crippen molar-refractivity contribution in [2.45, 2.75) is 18.8 Å². The Labute approximate surface area is 119 Å². The Bertz CT molecular complexity index is 555. The highest BCUT2D eigenvalue weighted by Gasteiger charge is 2.26. The maximum absolute atomic E-state index is 11.6. The smallest absolute Gasteiger partial charge is 0.233 e. The summed E-state index contributed by atoms with van der Waals surface area (Å²) in [6.07, 6.45) is 1.84. The van der Waals surface area contributed by atoms with Crippen molar-refractivity contribution in [1.82, 2.24) is 9.88 Å². The lowest BCUT2D eigenvalue weighted by atomic mass is 9.97. The van der Waals surface area contributed by atoms with Gasteiger partial charge in [0.25, 0.3) is 0 Å². The van der Waals surface area contributed by atoms with Crippen molar-refractivity contribution in [3.8, 4) is 0 Å². The molecule has 1 aromatic heterocycles. The molecule has 0 saturated carbocycles. The number of halogens is 1. The van der Waals surface area contributed by atoms with Crippen LogP contribution in [0.4, 0.5) is 0 Å². The van der Waals surface area contributed by atoms with Crippen molar-refractivity contribution in [2.75, 3.05) is 18.4 Å². The maximum Gasteiger partial charge on any atom is 0.233 e. The fraction of sp³-hybridized carbons (Fsp3) is 0.429. The van der Waals surface area contributed by atoms with Crippen molar-refractivity contribution in [3.05, 3.63) is 30.2 Å². The Kier molecular flexibility index (Phi) is 3.55. The van der Waals surface area contributed by atoms with Crippen molar-refractivity contribution >= 4 is 32.9 Å². The van der Waals surface area contributed by atoms with Crippen LogP contribution in [0.15, 0.2) is 28.7 Å². The number of amides is 1. The van der Waals surface area contributed by atoms with Crippen molar-refractivity contribution in [2.24, 2.45) is 0 Å². The number of piperidine rings is 1. The number of para-hydroxylation sites is 2. The lowest BCUT2D eigenvalue weighted by Gasteiger charge is -2.30. The van der Waals surface area contributed by atoms with Gasteiger partial charge in [0.2, 0.25) is 5.91 Å². The molecule has 1 saturated heterocycles. The number of aromatic nitrogens is 1. The lowest BCUT2D eigenvalue weighted by molar-refractivity contribution is -0.129. The number of carbonyl (C=O) groups is 1. The van der Waals surface area contributed by atoms with Gasteiger partial charge in [0.15, 0.2) is 11.5 Å². The van der Waals surface area contributed by atoms with Gasteiger partial charge in [-0.2, -0.15) is 0 Å². The molecule has 0 atom stereocenters. The van der Waals surface area contributed by atoms with Gasteiger partial charge in [-0.25, -0.2) is 4.98 Å². The normalized spacial score (nSPS) is 17.0. The standard InChI is InChI=1S/C14H15BrN2O2/c15-9-13(18)17-7-5-10(6-8-17)14-16-11-3-1-2-4-12(11)19-14/h1-4,10H,5-9H2. The number of hydrogen-bond donors (Lipinski definition) is 0. The highest BCUT2D eigenvalue weighted by atomic mass is 79.9. The number of fused-ring (bicyclic) bond motifs is 1. The van der Waals surface area contributed by atoms with Gasteiger partial charge < -0.3 is 9.32 Å². The number of hydrogen-bond acceptors (Lipinski definition) is 3. The van der Waals surface area contributed by atoms with Crippen LogP contribution in [0.5, 0.6) is 0 Å². The minimum atomic E-state index is 0.163. The third kappa shape index (κ3) is 2.52. The summed E-state index contributed by atoms with van der Waals surface area (Å²) in [4.78, 5) is 18.0. The molecule has 4 nitrogen and oxygen atoms in total. The topological polar surface area (TPSA) is 46.3 Å². The van der Waals surface area contributed by atoms with E-state index in [0.717, 1.165) is 42.9 Å². The van der Waals surface area contributed by atoms with Gasteiger partial charge in [-0.05, 0) is 25.0 Å². The van der Waals surface area contributed by atoms with E-state index in [1.165, 1.54) is 0 Å². The number of alkyl halides is 1. The molecule has 0 unspecified atom stereocenters. The molecule has 0 N–H and O–H groups in total. The van der Waals surface area contributed by atoms with Gasteiger partial charge in [-0.3, -0.25) is 4.79 Å². The maximum atomic E-state index is 11.6. The van der Waals surface area contributed by atoms with E-state index in [4.69, 9.17) is 4.42 Å². The van der Waals surface area contributed by atoms with Crippen LogP contribution in [0, 0.1) is 0 Å². The molecule has 0 spiro atoms. The Morgan fingerprint density at radius 3 is 2.79 bits per heavy atom. The molecule has 1 amide bonds. The van der Waals surface area contributed by atoms with E-state index in [2.05, 4.69) is 20.9 Å². The summed E-state index contributed by atoms with van der Waals surface area (Å²) in [6, 6.07) is 7.82. The molecule has 2 heterocycles. The SMILES string of the molecule is O=C(CBr)N1CCC(c2nc3ccccc3o2)CC1. The summed E-state index contributed by atoms with van der Waals surface area (Å²) in [7, 11) is 0. The highest BCUT2D eigenvalue weighted by molar-refractivity contribution is 9.09. The first-order valence-corrected chi connectivity index (χ1v) is 7.59. The van der Waals surface area contributed by atoms with Crippen LogP contribution >= 0.6 is 15.9 Å². The molecule has 0 aliphatic carbocycles. The van der Waals surface area contributed by atoms with E-state index in [1.807, 2.05) is 29.2 Å². The number of nitrogens with zero attached hydrogens (tertiary/aromatic N) is 2. The predicted molar refractivity (Wildman–Crippen MR) is 76.4 cm³/mol. The van der Waals surface area contributed by atoms with E-state index in [1.54, 1.807) is 0 Å². The Morgan fingerprint density at radius 1 is 1.37 bits per heavy atom. The average molecular weight is 323 g/mol. The third-order valence-electron chi connectivity index (χ3n) is 3.62. The van der Waals surface area contributed by atoms with Crippen LogP contribution in [0.1, 0.15) is 24.7 Å². The molecule has 0 bridgehead atoms. The van der Waals surface area contributed by atoms with E-state index >= 15 is 0 Å². The first kappa shape index (κ1) is 12.7. The fourth-order valence-corrected chi connectivity index (χ4v) is 2.88.